The number of carboxylic acids is 1. The molecule has 0 unspecified atom stereocenters. The standard InChI is InChI=1S/C48H76O20/c1-43(2)13-15-48(42(62)68-40-33(57)31(55)29(53)24(19-50)64-40)16-14-46(5)21(22(48)17-43)7-8-26-44(3)11-10-27(45(4,20-51)25(44)9-12-47(26,46)6)65-41-35(59)36(34(58)37(67-41)38(60)61)66-39-32(56)30(54)28(52)23(18-49)63-39/h7,22-37,39-41,49-59H,8-20H2,1-6H3,(H,60,61)/t22-,23+,24+,25+,26+,27-,28+,29+,30-,31-,32+,33+,34-,35+,36-,37-,39-,40-,41+,44-,45-,46+,47+,48-/m0/s1. The maximum Gasteiger partial charge on any atom is 0.335 e. The number of aliphatic hydroxyl groups excluding tert-OH is 11. The fraction of sp³-hybridized carbons (Fsp3) is 0.917. The van der Waals surface area contributed by atoms with Crippen LogP contribution in [0, 0.1) is 50.2 Å². The largest absolute Gasteiger partial charge is 0.479 e. The summed E-state index contributed by atoms with van der Waals surface area (Å²) in [4.78, 5) is 27.1. The van der Waals surface area contributed by atoms with Crippen LogP contribution in [0.15, 0.2) is 11.6 Å². The molecule has 0 bridgehead atoms. The van der Waals surface area contributed by atoms with E-state index in [1.165, 1.54) is 5.57 Å². The highest BCUT2D eigenvalue weighted by atomic mass is 16.7. The van der Waals surface area contributed by atoms with E-state index in [1.807, 2.05) is 6.92 Å². The summed E-state index contributed by atoms with van der Waals surface area (Å²) >= 11 is 0. The number of aliphatic carboxylic acids is 1. The first kappa shape index (κ1) is 52.4. The number of allylic oxidation sites excluding steroid dienone is 2. The summed E-state index contributed by atoms with van der Waals surface area (Å²) in [7, 11) is 0. The lowest BCUT2D eigenvalue weighted by molar-refractivity contribution is -0.366. The van der Waals surface area contributed by atoms with Crippen LogP contribution in [0.3, 0.4) is 0 Å². The predicted molar refractivity (Wildman–Crippen MR) is 232 cm³/mol. The van der Waals surface area contributed by atoms with Crippen LogP contribution in [-0.2, 0) is 38.0 Å². The van der Waals surface area contributed by atoms with E-state index in [0.717, 1.165) is 12.8 Å². The van der Waals surface area contributed by atoms with Crippen LogP contribution in [0.4, 0.5) is 0 Å². The van der Waals surface area contributed by atoms with Crippen molar-refractivity contribution >= 4 is 11.9 Å². The first-order valence-corrected chi connectivity index (χ1v) is 24.5. The van der Waals surface area contributed by atoms with Crippen molar-refractivity contribution in [1.82, 2.24) is 0 Å². The summed E-state index contributed by atoms with van der Waals surface area (Å²) in [5.74, 6) is -2.37. The van der Waals surface area contributed by atoms with Crippen molar-refractivity contribution < 1.29 is 99.3 Å². The highest BCUT2D eigenvalue weighted by Crippen LogP contribution is 2.76. The van der Waals surface area contributed by atoms with Gasteiger partial charge in [-0.2, -0.15) is 0 Å². The van der Waals surface area contributed by atoms with E-state index in [-0.39, 0.29) is 46.0 Å². The van der Waals surface area contributed by atoms with E-state index in [1.54, 1.807) is 0 Å². The summed E-state index contributed by atoms with van der Waals surface area (Å²) in [6.07, 6.45) is -18.1. The van der Waals surface area contributed by atoms with Gasteiger partial charge in [0, 0.05) is 5.41 Å². The van der Waals surface area contributed by atoms with Gasteiger partial charge in [0.05, 0.1) is 31.3 Å². The molecule has 3 heterocycles. The van der Waals surface area contributed by atoms with Crippen molar-refractivity contribution in [3.63, 3.8) is 0 Å². The highest BCUT2D eigenvalue weighted by Gasteiger charge is 2.71. The molecule has 4 saturated carbocycles. The number of hydrogen-bond acceptors (Lipinski definition) is 19. The SMILES string of the molecule is CC1(C)CC[C@]2(C(=O)O[C@@H]3O[C@H](CO)[C@@H](O)[C@H](O)[C@H]3O)CC[C@]3(C)C(=CC[C@@H]4[C@@]5(C)CC[C@H](O[C@@H]6O[C@H](C(=O)O)[C@@H](O)[C@H](O[C@@H]7O[C@H](CO)[C@@H](O)[C@H](O)[C@H]7O)[C@H]6O)[C@@](C)(CO)[C@@H]5CC[C@]43C)[C@@H]2C1. The first-order valence-electron chi connectivity index (χ1n) is 24.5. The molecule has 0 aromatic carbocycles. The molecule has 7 fully saturated rings. The molecule has 3 saturated heterocycles. The van der Waals surface area contributed by atoms with Crippen LogP contribution < -0.4 is 0 Å². The molecule has 388 valence electrons. The van der Waals surface area contributed by atoms with Gasteiger partial charge in [-0.3, -0.25) is 4.79 Å². The quantitative estimate of drug-likeness (QED) is 0.0725. The van der Waals surface area contributed by atoms with Gasteiger partial charge in [0.2, 0.25) is 6.29 Å². The van der Waals surface area contributed by atoms with Crippen molar-refractivity contribution in [1.29, 1.82) is 0 Å². The topological polar surface area (TPSA) is 332 Å². The third-order valence-corrected chi connectivity index (χ3v) is 19.4. The zero-order valence-electron chi connectivity index (χ0n) is 39.9. The van der Waals surface area contributed by atoms with Gasteiger partial charge >= 0.3 is 11.9 Å². The van der Waals surface area contributed by atoms with Crippen molar-refractivity contribution in [2.24, 2.45) is 50.2 Å². The molecular formula is C48H76O20. The molecule has 0 spiro atoms. The predicted octanol–water partition coefficient (Wildman–Crippen LogP) is -0.795. The molecule has 8 aliphatic rings. The second-order valence-corrected chi connectivity index (χ2v) is 23.3. The van der Waals surface area contributed by atoms with E-state index in [2.05, 4.69) is 40.7 Å². The lowest BCUT2D eigenvalue weighted by atomic mass is 9.33. The zero-order chi connectivity index (χ0) is 49.8. The van der Waals surface area contributed by atoms with Crippen molar-refractivity contribution in [2.75, 3.05) is 19.8 Å². The number of hydrogen-bond donors (Lipinski definition) is 12. The van der Waals surface area contributed by atoms with Gasteiger partial charge < -0.3 is 89.7 Å². The smallest absolute Gasteiger partial charge is 0.335 e. The van der Waals surface area contributed by atoms with Gasteiger partial charge in [-0.05, 0) is 104 Å². The van der Waals surface area contributed by atoms with E-state index < -0.39 is 134 Å². The zero-order valence-corrected chi connectivity index (χ0v) is 39.9. The van der Waals surface area contributed by atoms with Gasteiger partial charge in [-0.15, -0.1) is 0 Å². The van der Waals surface area contributed by atoms with E-state index in [0.29, 0.717) is 51.4 Å². The maximum absolute atomic E-state index is 14.7. The Hall–Kier alpha value is -1.96. The summed E-state index contributed by atoms with van der Waals surface area (Å²) in [6, 6.07) is 0. The van der Waals surface area contributed by atoms with Gasteiger partial charge in [0.25, 0.3) is 0 Å². The van der Waals surface area contributed by atoms with Crippen LogP contribution in [0.1, 0.15) is 106 Å². The van der Waals surface area contributed by atoms with Crippen molar-refractivity contribution in [3.8, 4) is 0 Å². The number of rotatable bonds is 10. The fourth-order valence-electron chi connectivity index (χ4n) is 15.0. The average molecular weight is 973 g/mol. The second-order valence-electron chi connectivity index (χ2n) is 23.3. The molecule has 0 radical (unpaired) electrons. The average Bonchev–Trinajstić information content (AvgIpc) is 3.29. The number of ether oxygens (including phenoxy) is 6. The Labute approximate surface area is 396 Å². The molecule has 24 atom stereocenters. The van der Waals surface area contributed by atoms with Crippen LogP contribution >= 0.6 is 0 Å². The summed E-state index contributed by atoms with van der Waals surface area (Å²) in [6.45, 7) is 11.5. The number of aliphatic hydroxyl groups is 11. The van der Waals surface area contributed by atoms with Gasteiger partial charge in [-0.25, -0.2) is 4.79 Å². The van der Waals surface area contributed by atoms with Gasteiger partial charge in [-0.1, -0.05) is 53.2 Å². The minimum atomic E-state index is -2.02. The van der Waals surface area contributed by atoms with E-state index in [9.17, 15) is 70.9 Å². The molecule has 20 heteroatoms. The van der Waals surface area contributed by atoms with Crippen molar-refractivity contribution in [3.05, 3.63) is 11.6 Å². The minimum absolute atomic E-state index is 0.107. The molecule has 3 aliphatic heterocycles. The molecule has 0 aromatic rings. The Bertz CT molecular complexity index is 1900. The van der Waals surface area contributed by atoms with Gasteiger partial charge in [0.15, 0.2) is 18.7 Å². The lowest BCUT2D eigenvalue weighted by Crippen LogP contribution is -2.68. The normalized spacial score (nSPS) is 53.4. The number of fused-ring (bicyclic) bond motifs is 7. The summed E-state index contributed by atoms with van der Waals surface area (Å²) in [5.41, 5.74) is -1.79. The van der Waals surface area contributed by atoms with E-state index in [4.69, 9.17) is 28.4 Å². The Morgan fingerprint density at radius 1 is 0.647 bits per heavy atom. The Balaban J connectivity index is 1.04. The molecule has 12 N–H and O–H groups in total. The molecular weight excluding hydrogens is 897 g/mol. The van der Waals surface area contributed by atoms with Crippen LogP contribution in [0.5, 0.6) is 0 Å². The third kappa shape index (κ3) is 8.03. The van der Waals surface area contributed by atoms with Crippen LogP contribution in [-0.4, -0.2) is 191 Å². The second kappa shape index (κ2) is 18.5. The van der Waals surface area contributed by atoms with E-state index >= 15 is 0 Å². The summed E-state index contributed by atoms with van der Waals surface area (Å²) in [5, 5.41) is 127. The monoisotopic (exact) mass is 972 g/mol. The molecule has 0 amide bonds. The fourth-order valence-corrected chi connectivity index (χ4v) is 15.0. The molecule has 68 heavy (non-hydrogen) atoms. The number of carbonyl (C=O) groups is 2. The Morgan fingerprint density at radius 2 is 1.24 bits per heavy atom. The van der Waals surface area contributed by atoms with Gasteiger partial charge in [0.1, 0.15) is 67.1 Å². The van der Waals surface area contributed by atoms with Crippen molar-refractivity contribution in [2.45, 2.75) is 204 Å². The molecule has 8 rings (SSSR count). The number of esters is 1. The Morgan fingerprint density at radius 3 is 1.84 bits per heavy atom. The third-order valence-electron chi connectivity index (χ3n) is 19.4. The molecule has 20 nitrogen and oxygen atoms in total. The first-order chi connectivity index (χ1) is 31.8. The van der Waals surface area contributed by atoms with Crippen LogP contribution in [0.25, 0.3) is 0 Å². The molecule has 5 aliphatic carbocycles. The van der Waals surface area contributed by atoms with Crippen LogP contribution in [0.2, 0.25) is 0 Å². The number of carboxylic acid groups (broad SMARTS) is 1. The number of carbonyl (C=O) groups excluding carboxylic acids is 1. The Kier molecular flexibility index (Phi) is 14.3. The molecule has 0 aromatic heterocycles. The highest BCUT2D eigenvalue weighted by molar-refractivity contribution is 5.79. The summed E-state index contributed by atoms with van der Waals surface area (Å²) < 4.78 is 35.0. The maximum atomic E-state index is 14.7. The minimum Gasteiger partial charge on any atom is -0.479 e. The lowest BCUT2D eigenvalue weighted by Gasteiger charge is -2.71.